The normalized spacial score (nSPS) is 9.64. The summed E-state index contributed by atoms with van der Waals surface area (Å²) in [5.74, 6) is 5.15. The van der Waals surface area contributed by atoms with Crippen LogP contribution >= 0.6 is 11.3 Å². The third-order valence-electron chi connectivity index (χ3n) is 1.24. The lowest BCUT2D eigenvalue weighted by Crippen LogP contribution is -2.21. The molecule has 0 aliphatic rings. The molecule has 1 aromatic heterocycles. The van der Waals surface area contributed by atoms with Crippen LogP contribution in [-0.2, 0) is 6.42 Å². The summed E-state index contributed by atoms with van der Waals surface area (Å²) in [6, 6.07) is 0. The zero-order valence-electron chi connectivity index (χ0n) is 6.42. The molecule has 1 aromatic rings. The van der Waals surface area contributed by atoms with Gasteiger partial charge >= 0.3 is 0 Å². The summed E-state index contributed by atoms with van der Waals surface area (Å²) in [6.07, 6.45) is 0.717. The Labute approximate surface area is 69.9 Å². The lowest BCUT2D eigenvalue weighted by molar-refractivity contribution is 0.842. The topological polar surface area (TPSA) is 50.9 Å². The highest BCUT2D eigenvalue weighted by atomic mass is 32.1. The molecule has 1 rings (SSSR count). The van der Waals surface area contributed by atoms with Crippen molar-refractivity contribution in [2.75, 3.05) is 0 Å². The van der Waals surface area contributed by atoms with Gasteiger partial charge in [-0.05, 0) is 6.92 Å². The molecule has 60 valence electrons. The summed E-state index contributed by atoms with van der Waals surface area (Å²) >= 11 is 1.63. The zero-order chi connectivity index (χ0) is 8.27. The van der Waals surface area contributed by atoms with Crippen LogP contribution in [0.5, 0.6) is 0 Å². The van der Waals surface area contributed by atoms with Crippen molar-refractivity contribution in [2.24, 2.45) is 5.84 Å². The molecule has 0 unspecified atom stereocenters. The third-order valence-corrected chi connectivity index (χ3v) is 2.20. The van der Waals surface area contributed by atoms with Gasteiger partial charge in [0, 0.05) is 23.2 Å². The van der Waals surface area contributed by atoms with Gasteiger partial charge in [0.15, 0.2) is 0 Å². The first-order chi connectivity index (χ1) is 5.22. The Balaban J connectivity index is 2.57. The lowest BCUT2D eigenvalue weighted by atomic mass is 10.4. The van der Waals surface area contributed by atoms with Crippen LogP contribution in [-0.4, -0.2) is 4.98 Å². The number of rotatable bonds is 3. The third kappa shape index (κ3) is 2.32. The van der Waals surface area contributed by atoms with Gasteiger partial charge < -0.3 is 5.43 Å². The van der Waals surface area contributed by atoms with Crippen molar-refractivity contribution in [3.05, 3.63) is 28.4 Å². The highest BCUT2D eigenvalue weighted by molar-refractivity contribution is 7.09. The summed E-state index contributed by atoms with van der Waals surface area (Å²) in [4.78, 5) is 4.26. The second-order valence-electron chi connectivity index (χ2n) is 2.31. The summed E-state index contributed by atoms with van der Waals surface area (Å²) in [7, 11) is 0. The van der Waals surface area contributed by atoms with Gasteiger partial charge in [-0.25, -0.2) is 4.98 Å². The highest BCUT2D eigenvalue weighted by Crippen LogP contribution is 2.10. The van der Waals surface area contributed by atoms with Crippen LogP contribution in [0.15, 0.2) is 17.7 Å². The van der Waals surface area contributed by atoms with E-state index >= 15 is 0 Å². The number of aryl methyl sites for hydroxylation is 1. The molecule has 3 nitrogen and oxygen atoms in total. The lowest BCUT2D eigenvalue weighted by Gasteiger charge is -1.99. The molecular formula is C7H11N3S. The molecule has 0 spiro atoms. The van der Waals surface area contributed by atoms with Gasteiger partial charge in [-0.3, -0.25) is 5.84 Å². The number of nitrogens with zero attached hydrogens (tertiary/aromatic N) is 1. The van der Waals surface area contributed by atoms with E-state index in [1.165, 1.54) is 0 Å². The minimum absolute atomic E-state index is 0.717. The van der Waals surface area contributed by atoms with E-state index in [0.717, 1.165) is 22.8 Å². The first kappa shape index (κ1) is 8.23. The quantitative estimate of drug-likeness (QED) is 0.523. The summed E-state index contributed by atoms with van der Waals surface area (Å²) in [5.41, 5.74) is 4.34. The second kappa shape index (κ2) is 3.50. The maximum Gasteiger partial charge on any atom is 0.0987 e. The predicted octanol–water partition coefficient (Wildman–Crippen LogP) is 0.971. The number of nitrogens with two attached hydrogens (primary N) is 1. The van der Waals surface area contributed by atoms with E-state index in [0.29, 0.717) is 0 Å². The molecule has 1 heterocycles. The average molecular weight is 169 g/mol. The molecule has 0 radical (unpaired) electrons. The first-order valence-electron chi connectivity index (χ1n) is 3.28. The van der Waals surface area contributed by atoms with Crippen molar-refractivity contribution < 1.29 is 0 Å². The van der Waals surface area contributed by atoms with E-state index in [-0.39, 0.29) is 0 Å². The molecule has 0 atom stereocenters. The Kier molecular flexibility index (Phi) is 2.62. The van der Waals surface area contributed by atoms with Crippen molar-refractivity contribution in [1.29, 1.82) is 0 Å². The van der Waals surface area contributed by atoms with Crippen LogP contribution in [0.4, 0.5) is 0 Å². The van der Waals surface area contributed by atoms with Crippen LogP contribution < -0.4 is 11.3 Å². The fraction of sp³-hybridized carbons (Fsp3) is 0.286. The molecule has 0 aliphatic heterocycles. The minimum atomic E-state index is 0.717. The van der Waals surface area contributed by atoms with E-state index < -0.39 is 0 Å². The number of hydrogen-bond acceptors (Lipinski definition) is 4. The Morgan fingerprint density at radius 3 is 3.09 bits per heavy atom. The zero-order valence-corrected chi connectivity index (χ0v) is 7.24. The fourth-order valence-electron chi connectivity index (χ4n) is 0.717. The van der Waals surface area contributed by atoms with Gasteiger partial charge in [0.25, 0.3) is 0 Å². The second-order valence-corrected chi connectivity index (χ2v) is 3.25. The van der Waals surface area contributed by atoms with Crippen LogP contribution in [0.2, 0.25) is 0 Å². The molecule has 4 heteroatoms. The SMILES string of the molecule is C=C(Cc1nc(C)cs1)NN. The van der Waals surface area contributed by atoms with Crippen molar-refractivity contribution in [3.63, 3.8) is 0 Å². The largest absolute Gasteiger partial charge is 0.328 e. The van der Waals surface area contributed by atoms with E-state index in [1.807, 2.05) is 12.3 Å². The number of thiazole rings is 1. The molecule has 0 amide bonds. The Hall–Kier alpha value is -0.870. The monoisotopic (exact) mass is 169 g/mol. The number of hydrazine groups is 1. The van der Waals surface area contributed by atoms with Crippen LogP contribution in [0.1, 0.15) is 10.7 Å². The molecule has 0 bridgehead atoms. The number of allylic oxidation sites excluding steroid dienone is 1. The van der Waals surface area contributed by atoms with Gasteiger partial charge in [-0.2, -0.15) is 0 Å². The number of hydrogen-bond donors (Lipinski definition) is 2. The smallest absolute Gasteiger partial charge is 0.0987 e. The number of nitrogens with one attached hydrogen (secondary N) is 1. The van der Waals surface area contributed by atoms with E-state index in [2.05, 4.69) is 17.0 Å². The number of aromatic nitrogens is 1. The molecule has 0 saturated heterocycles. The Morgan fingerprint density at radius 1 is 1.91 bits per heavy atom. The molecular weight excluding hydrogens is 158 g/mol. The van der Waals surface area contributed by atoms with Crippen LogP contribution in [0.25, 0.3) is 0 Å². The van der Waals surface area contributed by atoms with E-state index in [9.17, 15) is 0 Å². The van der Waals surface area contributed by atoms with Crippen molar-refractivity contribution >= 4 is 11.3 Å². The molecule has 11 heavy (non-hydrogen) atoms. The van der Waals surface area contributed by atoms with Gasteiger partial charge in [0.2, 0.25) is 0 Å². The summed E-state index contributed by atoms with van der Waals surface area (Å²) < 4.78 is 0. The molecule has 3 N–H and O–H groups in total. The van der Waals surface area contributed by atoms with Gasteiger partial charge in [-0.15, -0.1) is 11.3 Å². The van der Waals surface area contributed by atoms with Gasteiger partial charge in [0.1, 0.15) is 0 Å². The van der Waals surface area contributed by atoms with Crippen LogP contribution in [0.3, 0.4) is 0 Å². The van der Waals surface area contributed by atoms with E-state index in [1.54, 1.807) is 11.3 Å². The average Bonchev–Trinajstić information content (AvgIpc) is 2.35. The molecule has 0 saturated carbocycles. The minimum Gasteiger partial charge on any atom is -0.328 e. The van der Waals surface area contributed by atoms with E-state index in [4.69, 9.17) is 5.84 Å². The Morgan fingerprint density at radius 2 is 2.64 bits per heavy atom. The van der Waals surface area contributed by atoms with Gasteiger partial charge in [0.05, 0.1) is 5.01 Å². The summed E-state index contributed by atoms with van der Waals surface area (Å²) in [6.45, 7) is 5.68. The highest BCUT2D eigenvalue weighted by Gasteiger charge is 1.99. The maximum atomic E-state index is 5.15. The molecule has 0 aliphatic carbocycles. The standard InChI is InChI=1S/C7H11N3S/c1-5(10-8)3-7-9-6(2)4-11-7/h4,10H,1,3,8H2,2H3. The van der Waals surface area contributed by atoms with Crippen molar-refractivity contribution in [3.8, 4) is 0 Å². The van der Waals surface area contributed by atoms with Crippen LogP contribution in [0, 0.1) is 6.92 Å². The molecule has 0 fully saturated rings. The first-order valence-corrected chi connectivity index (χ1v) is 4.15. The predicted molar refractivity (Wildman–Crippen MR) is 47.0 cm³/mol. The fourth-order valence-corrected chi connectivity index (χ4v) is 1.53. The van der Waals surface area contributed by atoms with Gasteiger partial charge in [-0.1, -0.05) is 6.58 Å². The van der Waals surface area contributed by atoms with Crippen molar-refractivity contribution in [1.82, 2.24) is 10.4 Å². The van der Waals surface area contributed by atoms with Crippen molar-refractivity contribution in [2.45, 2.75) is 13.3 Å². The Bertz CT molecular complexity index is 254. The summed E-state index contributed by atoms with van der Waals surface area (Å²) in [5, 5.41) is 3.06. The maximum absolute atomic E-state index is 5.15. The molecule has 0 aromatic carbocycles.